The van der Waals surface area contributed by atoms with Gasteiger partial charge in [0.05, 0.1) is 5.75 Å². The van der Waals surface area contributed by atoms with E-state index in [0.29, 0.717) is 0 Å². The maximum atomic E-state index is 12.1. The number of benzene rings is 2. The van der Waals surface area contributed by atoms with Crippen molar-refractivity contribution < 1.29 is 37.8 Å². The van der Waals surface area contributed by atoms with Gasteiger partial charge >= 0.3 is 18.0 Å². The second kappa shape index (κ2) is 8.54. The molecule has 1 aliphatic carbocycles. The van der Waals surface area contributed by atoms with Crippen LogP contribution in [0.2, 0.25) is 0 Å². The molecule has 0 saturated heterocycles. The van der Waals surface area contributed by atoms with Crippen molar-refractivity contribution in [2.75, 3.05) is 18.1 Å². The Bertz CT molecular complexity index is 1050. The van der Waals surface area contributed by atoms with Gasteiger partial charge in [-0.25, -0.2) is 18.0 Å². The van der Waals surface area contributed by atoms with E-state index in [9.17, 15) is 27.9 Å². The van der Waals surface area contributed by atoms with Gasteiger partial charge in [0, 0.05) is 5.92 Å². The molecule has 0 fully saturated rings. The van der Waals surface area contributed by atoms with Crippen LogP contribution in [0.4, 0.5) is 4.79 Å². The summed E-state index contributed by atoms with van der Waals surface area (Å²) in [4.78, 5) is 34.0. The predicted octanol–water partition coefficient (Wildman–Crippen LogP) is 1.48. The third-order valence-electron chi connectivity index (χ3n) is 4.70. The summed E-state index contributed by atoms with van der Waals surface area (Å²) in [5.74, 6) is -5.76. The van der Waals surface area contributed by atoms with Crippen molar-refractivity contribution in [1.82, 2.24) is 5.32 Å². The Balaban J connectivity index is 1.68. The number of hydrogen-bond donors (Lipinski definition) is 3. The summed E-state index contributed by atoms with van der Waals surface area (Å²) in [6.07, 6.45) is -1.10. The lowest BCUT2D eigenvalue weighted by Gasteiger charge is -2.17. The molecule has 1 aliphatic rings. The molecule has 158 valence electrons. The summed E-state index contributed by atoms with van der Waals surface area (Å²) in [6, 6.07) is 13.5. The minimum Gasteiger partial charge on any atom is -0.480 e. The van der Waals surface area contributed by atoms with Crippen LogP contribution in [0.15, 0.2) is 48.5 Å². The molecule has 0 heterocycles. The Kier molecular flexibility index (Phi) is 6.06. The zero-order valence-electron chi connectivity index (χ0n) is 15.6. The molecule has 30 heavy (non-hydrogen) atoms. The van der Waals surface area contributed by atoms with Crippen LogP contribution in [0.3, 0.4) is 0 Å². The van der Waals surface area contributed by atoms with Gasteiger partial charge in [0.2, 0.25) is 0 Å². The maximum Gasteiger partial charge on any atom is 0.407 e. The van der Waals surface area contributed by atoms with Crippen molar-refractivity contribution in [2.24, 2.45) is 0 Å². The topological polar surface area (TPSA) is 147 Å². The summed E-state index contributed by atoms with van der Waals surface area (Å²) in [5.41, 5.74) is 3.96. The quantitative estimate of drug-likeness (QED) is 0.567. The number of amides is 1. The monoisotopic (exact) mass is 433 g/mol. The van der Waals surface area contributed by atoms with Crippen molar-refractivity contribution >= 4 is 27.9 Å². The average Bonchev–Trinajstić information content (AvgIpc) is 2.98. The molecule has 10 heteroatoms. The highest BCUT2D eigenvalue weighted by atomic mass is 32.2. The van der Waals surface area contributed by atoms with Crippen LogP contribution in [-0.2, 0) is 24.2 Å². The number of carboxylic acid groups (broad SMARTS) is 2. The number of sulfone groups is 1. The molecule has 2 aromatic rings. The highest BCUT2D eigenvalue weighted by molar-refractivity contribution is 7.92. The number of hydrogen-bond acceptors (Lipinski definition) is 6. The van der Waals surface area contributed by atoms with E-state index >= 15 is 0 Å². The van der Waals surface area contributed by atoms with Gasteiger partial charge in [-0.1, -0.05) is 48.5 Å². The Labute approximate surface area is 172 Å². The maximum absolute atomic E-state index is 12.1. The molecule has 0 radical (unpaired) electrons. The predicted molar refractivity (Wildman–Crippen MR) is 106 cm³/mol. The first-order chi connectivity index (χ1) is 14.2. The third-order valence-corrected chi connectivity index (χ3v) is 6.23. The van der Waals surface area contributed by atoms with E-state index in [4.69, 9.17) is 9.84 Å². The second-order valence-corrected chi connectivity index (χ2v) is 8.92. The Morgan fingerprint density at radius 3 is 2.00 bits per heavy atom. The van der Waals surface area contributed by atoms with Gasteiger partial charge in [-0.3, -0.25) is 4.79 Å². The van der Waals surface area contributed by atoms with Crippen LogP contribution in [0.5, 0.6) is 0 Å². The Morgan fingerprint density at radius 2 is 1.50 bits per heavy atom. The highest BCUT2D eigenvalue weighted by Crippen LogP contribution is 2.44. The number of carbonyl (C=O) groups is 3. The normalized spacial score (nSPS) is 13.7. The Morgan fingerprint density at radius 1 is 0.967 bits per heavy atom. The van der Waals surface area contributed by atoms with Crippen LogP contribution in [0, 0.1) is 0 Å². The molecule has 1 unspecified atom stereocenters. The van der Waals surface area contributed by atoms with Gasteiger partial charge in [-0.2, -0.15) is 0 Å². The van der Waals surface area contributed by atoms with E-state index in [-0.39, 0.29) is 12.5 Å². The molecule has 2 aromatic carbocycles. The zero-order chi connectivity index (χ0) is 21.9. The lowest BCUT2D eigenvalue weighted by molar-refractivity contribution is -0.139. The van der Waals surface area contributed by atoms with Gasteiger partial charge in [0.1, 0.15) is 18.4 Å². The summed E-state index contributed by atoms with van der Waals surface area (Å²) in [6.45, 7) is -0.0753. The lowest BCUT2D eigenvalue weighted by Crippen LogP contribution is -2.46. The first kappa shape index (κ1) is 21.3. The van der Waals surface area contributed by atoms with Crippen LogP contribution in [-0.4, -0.2) is 60.8 Å². The molecule has 0 aromatic heterocycles. The van der Waals surface area contributed by atoms with Gasteiger partial charge in [0.25, 0.3) is 0 Å². The number of ether oxygens (including phenoxy) is 1. The van der Waals surface area contributed by atoms with Crippen molar-refractivity contribution in [2.45, 2.75) is 12.0 Å². The summed E-state index contributed by atoms with van der Waals surface area (Å²) in [5, 5.41) is 19.8. The fourth-order valence-corrected chi connectivity index (χ4v) is 4.69. The molecule has 1 atom stereocenters. The minimum atomic E-state index is -4.23. The smallest absolute Gasteiger partial charge is 0.407 e. The number of carbonyl (C=O) groups excluding carboxylic acids is 1. The molecular formula is C20H19NO8S. The third kappa shape index (κ3) is 4.77. The van der Waals surface area contributed by atoms with Gasteiger partial charge in [-0.05, 0) is 22.3 Å². The molecule has 0 bridgehead atoms. The fraction of sp³-hybridized carbons (Fsp3) is 0.250. The first-order valence-electron chi connectivity index (χ1n) is 8.94. The molecular weight excluding hydrogens is 414 g/mol. The number of carboxylic acids is 2. The fourth-order valence-electron chi connectivity index (χ4n) is 3.46. The van der Waals surface area contributed by atoms with Crippen LogP contribution in [0.1, 0.15) is 17.0 Å². The number of alkyl carbamates (subject to hydrolysis) is 1. The Hall–Kier alpha value is -3.40. The molecule has 1 amide bonds. The van der Waals surface area contributed by atoms with E-state index in [1.807, 2.05) is 53.8 Å². The van der Waals surface area contributed by atoms with E-state index in [2.05, 4.69) is 0 Å². The van der Waals surface area contributed by atoms with E-state index in [1.54, 1.807) is 0 Å². The van der Waals surface area contributed by atoms with E-state index in [0.717, 1.165) is 22.3 Å². The van der Waals surface area contributed by atoms with Crippen molar-refractivity contribution in [3.05, 3.63) is 59.7 Å². The number of nitrogens with one attached hydrogen (secondary N) is 1. The van der Waals surface area contributed by atoms with Crippen LogP contribution >= 0.6 is 0 Å². The van der Waals surface area contributed by atoms with Crippen molar-refractivity contribution in [3.8, 4) is 11.1 Å². The highest BCUT2D eigenvalue weighted by Gasteiger charge is 2.31. The standard InChI is InChI=1S/C20H19NO8S/c22-18(23)11-30(27,28)10-17(19(24)25)21-20(26)29-9-16-14-7-3-1-5-12(14)13-6-2-4-8-15(13)16/h1-8,16-17H,9-11H2,(H,21,26)(H,22,23)(H,24,25). The largest absolute Gasteiger partial charge is 0.480 e. The van der Waals surface area contributed by atoms with E-state index < -0.39 is 45.4 Å². The van der Waals surface area contributed by atoms with Gasteiger partial charge < -0.3 is 20.3 Å². The summed E-state index contributed by atoms with van der Waals surface area (Å²) >= 11 is 0. The number of rotatable bonds is 8. The second-order valence-electron chi connectivity index (χ2n) is 6.81. The van der Waals surface area contributed by atoms with Crippen molar-refractivity contribution in [1.29, 1.82) is 0 Å². The van der Waals surface area contributed by atoms with Crippen LogP contribution < -0.4 is 5.32 Å². The number of aliphatic carboxylic acids is 2. The lowest BCUT2D eigenvalue weighted by atomic mass is 9.98. The van der Waals surface area contributed by atoms with E-state index in [1.165, 1.54) is 0 Å². The summed E-state index contributed by atoms with van der Waals surface area (Å²) in [7, 11) is -4.23. The minimum absolute atomic E-state index is 0.0753. The SMILES string of the molecule is O=C(O)CS(=O)(=O)CC(NC(=O)OCC1c2ccccc2-c2ccccc21)C(=O)O. The molecule has 3 N–H and O–H groups in total. The zero-order valence-corrected chi connectivity index (χ0v) is 16.5. The van der Waals surface area contributed by atoms with Gasteiger partial charge in [0.15, 0.2) is 9.84 Å². The molecule has 3 rings (SSSR count). The van der Waals surface area contributed by atoms with Gasteiger partial charge in [-0.15, -0.1) is 0 Å². The average molecular weight is 433 g/mol. The molecule has 0 aliphatic heterocycles. The molecule has 0 saturated carbocycles. The first-order valence-corrected chi connectivity index (χ1v) is 10.8. The number of fused-ring (bicyclic) bond motifs is 3. The summed E-state index contributed by atoms with van der Waals surface area (Å²) < 4.78 is 28.7. The van der Waals surface area contributed by atoms with Crippen molar-refractivity contribution in [3.63, 3.8) is 0 Å². The molecule has 9 nitrogen and oxygen atoms in total. The van der Waals surface area contributed by atoms with Crippen LogP contribution in [0.25, 0.3) is 11.1 Å². The molecule has 0 spiro atoms.